The molecule has 6 nitrogen and oxygen atoms in total. The second-order valence-corrected chi connectivity index (χ2v) is 6.31. The predicted octanol–water partition coefficient (Wildman–Crippen LogP) is 2.56. The van der Waals surface area contributed by atoms with Gasteiger partial charge in [0.25, 0.3) is 0 Å². The Balaban J connectivity index is 1.85. The molecule has 0 bridgehead atoms. The number of halogens is 1. The molecule has 3 rings (SSSR count). The van der Waals surface area contributed by atoms with E-state index in [-0.39, 0.29) is 10.6 Å². The Morgan fingerprint density at radius 2 is 2.19 bits per heavy atom. The summed E-state index contributed by atoms with van der Waals surface area (Å²) in [6.07, 6.45) is 3.39. The van der Waals surface area contributed by atoms with Gasteiger partial charge >= 0.3 is 5.69 Å². The van der Waals surface area contributed by atoms with Gasteiger partial charge in [0.15, 0.2) is 0 Å². The molecule has 2 aliphatic heterocycles. The number of anilines is 1. The Kier molecular flexibility index (Phi) is 3.99. The fourth-order valence-corrected chi connectivity index (χ4v) is 3.78. The molecule has 0 radical (unpaired) electrons. The van der Waals surface area contributed by atoms with Gasteiger partial charge in [-0.15, -0.1) is 0 Å². The molecular weight excluding hydrogens is 292 g/mol. The molecule has 2 fully saturated rings. The van der Waals surface area contributed by atoms with Crippen molar-refractivity contribution in [2.75, 3.05) is 31.6 Å². The molecule has 0 spiro atoms. The van der Waals surface area contributed by atoms with Crippen LogP contribution < -0.4 is 4.90 Å². The van der Waals surface area contributed by atoms with Crippen LogP contribution in [0.15, 0.2) is 12.1 Å². The van der Waals surface area contributed by atoms with Crippen LogP contribution in [-0.4, -0.2) is 47.5 Å². The van der Waals surface area contributed by atoms with E-state index < -0.39 is 0 Å². The first-order chi connectivity index (χ1) is 10.1. The molecule has 114 valence electrons. The van der Waals surface area contributed by atoms with Gasteiger partial charge in [-0.3, -0.25) is 10.1 Å². The zero-order chi connectivity index (χ0) is 15.0. The lowest BCUT2D eigenvalue weighted by Crippen LogP contribution is -2.53. The van der Waals surface area contributed by atoms with Crippen molar-refractivity contribution >= 4 is 23.1 Å². The van der Waals surface area contributed by atoms with Gasteiger partial charge in [0.05, 0.1) is 4.92 Å². The van der Waals surface area contributed by atoms with E-state index in [0.29, 0.717) is 22.9 Å². The molecular formula is C14H19ClN4O2. The van der Waals surface area contributed by atoms with Gasteiger partial charge in [-0.2, -0.15) is 0 Å². The summed E-state index contributed by atoms with van der Waals surface area (Å²) < 4.78 is 0. The average Bonchev–Trinajstić information content (AvgIpc) is 2.46. The highest BCUT2D eigenvalue weighted by Gasteiger charge is 2.36. The van der Waals surface area contributed by atoms with Gasteiger partial charge < -0.3 is 9.80 Å². The zero-order valence-electron chi connectivity index (χ0n) is 12.0. The van der Waals surface area contributed by atoms with E-state index in [9.17, 15) is 10.1 Å². The van der Waals surface area contributed by atoms with E-state index >= 15 is 0 Å². The molecule has 0 saturated carbocycles. The van der Waals surface area contributed by atoms with Crippen LogP contribution in [0.4, 0.5) is 11.5 Å². The highest BCUT2D eigenvalue weighted by atomic mass is 35.5. The van der Waals surface area contributed by atoms with Crippen LogP contribution in [0.5, 0.6) is 0 Å². The third kappa shape index (κ3) is 2.82. The van der Waals surface area contributed by atoms with Crippen LogP contribution >= 0.6 is 11.6 Å². The SMILES string of the molecule is CN1CCCC2CN(c3nc(Cl)ccc3[N+](=O)[O-])CCC21. The minimum Gasteiger partial charge on any atom is -0.350 e. The number of piperidine rings is 2. The largest absolute Gasteiger partial charge is 0.350 e. The average molecular weight is 311 g/mol. The van der Waals surface area contributed by atoms with Crippen molar-refractivity contribution < 1.29 is 4.92 Å². The maximum absolute atomic E-state index is 11.2. The molecule has 2 atom stereocenters. The summed E-state index contributed by atoms with van der Waals surface area (Å²) in [7, 11) is 2.17. The van der Waals surface area contributed by atoms with Crippen LogP contribution in [-0.2, 0) is 0 Å². The first kappa shape index (κ1) is 14.5. The smallest absolute Gasteiger partial charge is 0.311 e. The molecule has 0 aliphatic carbocycles. The first-order valence-electron chi connectivity index (χ1n) is 7.32. The van der Waals surface area contributed by atoms with Gasteiger partial charge in [-0.1, -0.05) is 11.6 Å². The van der Waals surface area contributed by atoms with Crippen molar-refractivity contribution in [3.05, 3.63) is 27.4 Å². The van der Waals surface area contributed by atoms with Crippen molar-refractivity contribution in [1.82, 2.24) is 9.88 Å². The van der Waals surface area contributed by atoms with E-state index in [2.05, 4.69) is 16.9 Å². The predicted molar refractivity (Wildman–Crippen MR) is 81.9 cm³/mol. The number of hydrogen-bond acceptors (Lipinski definition) is 5. The fourth-order valence-electron chi connectivity index (χ4n) is 3.64. The number of nitro groups is 1. The topological polar surface area (TPSA) is 62.5 Å². The Morgan fingerprint density at radius 1 is 1.38 bits per heavy atom. The van der Waals surface area contributed by atoms with Crippen LogP contribution in [0.2, 0.25) is 5.15 Å². The number of aromatic nitrogens is 1. The summed E-state index contributed by atoms with van der Waals surface area (Å²) in [4.78, 5) is 19.5. The van der Waals surface area contributed by atoms with Gasteiger partial charge in [-0.05, 0) is 44.8 Å². The van der Waals surface area contributed by atoms with Crippen LogP contribution in [0.3, 0.4) is 0 Å². The lowest BCUT2D eigenvalue weighted by Gasteiger charge is -2.46. The summed E-state index contributed by atoms with van der Waals surface area (Å²) in [6.45, 7) is 2.76. The Labute approximate surface area is 128 Å². The third-order valence-corrected chi connectivity index (χ3v) is 4.87. The quantitative estimate of drug-likeness (QED) is 0.477. The van der Waals surface area contributed by atoms with Crippen LogP contribution in [0.1, 0.15) is 19.3 Å². The van der Waals surface area contributed by atoms with Gasteiger partial charge in [0, 0.05) is 25.2 Å². The molecule has 21 heavy (non-hydrogen) atoms. The van der Waals surface area contributed by atoms with Crippen LogP contribution in [0, 0.1) is 16.0 Å². The molecule has 0 N–H and O–H groups in total. The number of fused-ring (bicyclic) bond motifs is 1. The summed E-state index contributed by atoms with van der Waals surface area (Å²) in [5, 5.41) is 11.5. The minimum atomic E-state index is -0.377. The van der Waals surface area contributed by atoms with Crippen molar-refractivity contribution in [3.63, 3.8) is 0 Å². The zero-order valence-corrected chi connectivity index (χ0v) is 12.8. The van der Waals surface area contributed by atoms with E-state index in [0.717, 1.165) is 26.1 Å². The van der Waals surface area contributed by atoms with E-state index in [1.807, 2.05) is 4.90 Å². The normalized spacial score (nSPS) is 26.5. The monoisotopic (exact) mass is 310 g/mol. The maximum Gasteiger partial charge on any atom is 0.311 e. The second kappa shape index (κ2) is 5.77. The second-order valence-electron chi connectivity index (χ2n) is 5.92. The molecule has 0 aromatic carbocycles. The van der Waals surface area contributed by atoms with E-state index in [1.54, 1.807) is 0 Å². The number of likely N-dealkylation sites (tertiary alicyclic amines) is 1. The highest BCUT2D eigenvalue weighted by molar-refractivity contribution is 6.29. The summed E-state index contributed by atoms with van der Waals surface area (Å²) in [5.74, 6) is 0.970. The number of pyridine rings is 1. The van der Waals surface area contributed by atoms with Crippen molar-refractivity contribution in [1.29, 1.82) is 0 Å². The molecule has 2 aliphatic rings. The molecule has 1 aromatic heterocycles. The lowest BCUT2D eigenvalue weighted by atomic mass is 9.84. The molecule has 3 heterocycles. The number of hydrogen-bond donors (Lipinski definition) is 0. The van der Waals surface area contributed by atoms with Gasteiger partial charge in [0.2, 0.25) is 5.82 Å². The molecule has 2 unspecified atom stereocenters. The standard InChI is InChI=1S/C14H19ClN4O2/c1-17-7-2-3-10-9-18(8-6-11(10)17)14-12(19(20)21)4-5-13(15)16-14/h4-5,10-11H,2-3,6-9H2,1H3. The fraction of sp³-hybridized carbons (Fsp3) is 0.643. The number of rotatable bonds is 2. The molecule has 0 amide bonds. The lowest BCUT2D eigenvalue weighted by molar-refractivity contribution is -0.384. The molecule has 7 heteroatoms. The minimum absolute atomic E-state index is 0.0435. The molecule has 1 aromatic rings. The first-order valence-corrected chi connectivity index (χ1v) is 7.70. The Morgan fingerprint density at radius 3 is 2.95 bits per heavy atom. The number of nitrogens with zero attached hydrogens (tertiary/aromatic N) is 4. The van der Waals surface area contributed by atoms with Gasteiger partial charge in [0.1, 0.15) is 5.15 Å². The Hall–Kier alpha value is -1.40. The summed E-state index contributed by atoms with van der Waals surface area (Å²) in [5.41, 5.74) is 0.0435. The maximum atomic E-state index is 11.2. The summed E-state index contributed by atoms with van der Waals surface area (Å²) >= 11 is 5.93. The van der Waals surface area contributed by atoms with Crippen molar-refractivity contribution in [2.45, 2.75) is 25.3 Å². The van der Waals surface area contributed by atoms with E-state index in [1.165, 1.54) is 25.0 Å². The Bertz CT molecular complexity index is 554. The van der Waals surface area contributed by atoms with Gasteiger partial charge in [-0.25, -0.2) is 4.98 Å². The van der Waals surface area contributed by atoms with Crippen LogP contribution in [0.25, 0.3) is 0 Å². The third-order valence-electron chi connectivity index (χ3n) is 4.66. The highest BCUT2D eigenvalue weighted by Crippen LogP contribution is 2.35. The summed E-state index contributed by atoms with van der Waals surface area (Å²) in [6, 6.07) is 3.52. The van der Waals surface area contributed by atoms with Crippen molar-refractivity contribution in [2.24, 2.45) is 5.92 Å². The molecule has 2 saturated heterocycles. The van der Waals surface area contributed by atoms with E-state index in [4.69, 9.17) is 11.6 Å². The van der Waals surface area contributed by atoms with Crippen molar-refractivity contribution in [3.8, 4) is 0 Å².